The van der Waals surface area contributed by atoms with Gasteiger partial charge in [0.2, 0.25) is 0 Å². The van der Waals surface area contributed by atoms with Gasteiger partial charge in [-0.2, -0.15) is 0 Å². The Bertz CT molecular complexity index is 396. The van der Waals surface area contributed by atoms with Crippen LogP contribution in [0.1, 0.15) is 0 Å². The molecule has 56 valence electrons. The number of fused-ring (bicyclic) bond motifs is 1. The normalized spacial score (nSPS) is 10.6. The number of anilines is 1. The summed E-state index contributed by atoms with van der Waals surface area (Å²) in [7, 11) is 0. The van der Waals surface area contributed by atoms with Crippen LogP contribution in [-0.2, 0) is 0 Å². The molecule has 0 aliphatic rings. The van der Waals surface area contributed by atoms with Crippen LogP contribution in [0.3, 0.4) is 0 Å². The van der Waals surface area contributed by atoms with Gasteiger partial charge >= 0.3 is 0 Å². The quantitative estimate of drug-likeness (QED) is 0.613. The molecule has 0 spiro atoms. The van der Waals surface area contributed by atoms with Crippen molar-refractivity contribution in [3.8, 4) is 0 Å². The molecule has 0 amide bonds. The topological polar surface area (TPSA) is 52.0 Å². The van der Waals surface area contributed by atoms with Crippen LogP contribution in [0.4, 0.5) is 5.69 Å². The van der Waals surface area contributed by atoms with Crippen molar-refractivity contribution in [2.45, 2.75) is 0 Å². The zero-order valence-corrected chi connectivity index (χ0v) is 6.30. The van der Waals surface area contributed by atoms with Gasteiger partial charge in [0.25, 0.3) is 0 Å². The lowest BCUT2D eigenvalue weighted by molar-refractivity contribution is 0.457. The Balaban J connectivity index is 2.87. The Hall–Kier alpha value is -1.22. The monoisotopic (exact) mass is 168 g/mol. The first-order valence-corrected chi connectivity index (χ1v) is 3.45. The summed E-state index contributed by atoms with van der Waals surface area (Å²) >= 11 is 5.68. The standard InChI is InChI=1S/C7H5ClN2O/c8-7-5-3-4(9)1-2-6(5)11-10-7/h1-3H,9H2. The number of hydrogen-bond donors (Lipinski definition) is 1. The molecule has 0 saturated carbocycles. The summed E-state index contributed by atoms with van der Waals surface area (Å²) in [6.07, 6.45) is 0. The molecular formula is C7H5ClN2O. The van der Waals surface area contributed by atoms with E-state index in [1.807, 2.05) is 0 Å². The molecule has 0 atom stereocenters. The fourth-order valence-electron chi connectivity index (χ4n) is 0.927. The molecule has 0 bridgehead atoms. The molecule has 0 saturated heterocycles. The third kappa shape index (κ3) is 0.935. The first kappa shape index (κ1) is 6.49. The highest BCUT2D eigenvalue weighted by atomic mass is 35.5. The summed E-state index contributed by atoms with van der Waals surface area (Å²) in [6.45, 7) is 0. The van der Waals surface area contributed by atoms with E-state index in [1.54, 1.807) is 18.2 Å². The van der Waals surface area contributed by atoms with Crippen LogP contribution in [0.5, 0.6) is 0 Å². The third-order valence-electron chi connectivity index (χ3n) is 1.45. The van der Waals surface area contributed by atoms with Gasteiger partial charge in [-0.25, -0.2) is 0 Å². The van der Waals surface area contributed by atoms with E-state index < -0.39 is 0 Å². The fourth-order valence-corrected chi connectivity index (χ4v) is 1.11. The zero-order chi connectivity index (χ0) is 7.84. The first-order chi connectivity index (χ1) is 5.27. The van der Waals surface area contributed by atoms with Crippen LogP contribution in [-0.4, -0.2) is 5.16 Å². The van der Waals surface area contributed by atoms with Gasteiger partial charge < -0.3 is 10.3 Å². The molecule has 0 radical (unpaired) electrons. The number of halogens is 1. The van der Waals surface area contributed by atoms with E-state index in [2.05, 4.69) is 5.16 Å². The van der Waals surface area contributed by atoms with E-state index in [4.69, 9.17) is 21.9 Å². The summed E-state index contributed by atoms with van der Waals surface area (Å²) in [4.78, 5) is 0. The van der Waals surface area contributed by atoms with Crippen LogP contribution in [0.25, 0.3) is 11.0 Å². The number of rotatable bonds is 0. The average molecular weight is 169 g/mol. The maximum atomic E-state index is 5.68. The number of nitrogens with two attached hydrogens (primary N) is 1. The van der Waals surface area contributed by atoms with Gasteiger partial charge in [-0.3, -0.25) is 0 Å². The highest BCUT2D eigenvalue weighted by molar-refractivity contribution is 6.34. The highest BCUT2D eigenvalue weighted by Crippen LogP contribution is 2.24. The van der Waals surface area contributed by atoms with Crippen molar-refractivity contribution in [2.75, 3.05) is 5.73 Å². The van der Waals surface area contributed by atoms with Gasteiger partial charge in [-0.1, -0.05) is 16.8 Å². The second kappa shape index (κ2) is 2.13. The number of benzene rings is 1. The third-order valence-corrected chi connectivity index (χ3v) is 1.72. The Morgan fingerprint density at radius 1 is 1.45 bits per heavy atom. The number of aromatic nitrogens is 1. The summed E-state index contributed by atoms with van der Waals surface area (Å²) < 4.78 is 4.87. The molecule has 3 nitrogen and oxygen atoms in total. The van der Waals surface area contributed by atoms with Gasteiger partial charge in [-0.15, -0.1) is 0 Å². The van der Waals surface area contributed by atoms with Crippen molar-refractivity contribution in [1.82, 2.24) is 5.16 Å². The summed E-state index contributed by atoms with van der Waals surface area (Å²) in [5.41, 5.74) is 6.84. The van der Waals surface area contributed by atoms with Crippen molar-refractivity contribution < 1.29 is 4.52 Å². The van der Waals surface area contributed by atoms with Crippen LogP contribution >= 0.6 is 11.6 Å². The van der Waals surface area contributed by atoms with E-state index in [1.165, 1.54) is 0 Å². The van der Waals surface area contributed by atoms with Gasteiger partial charge in [0.1, 0.15) is 0 Å². The lowest BCUT2D eigenvalue weighted by atomic mass is 10.2. The minimum absolute atomic E-state index is 0.354. The van der Waals surface area contributed by atoms with Gasteiger partial charge in [0.15, 0.2) is 10.7 Å². The molecule has 2 N–H and O–H groups in total. The molecule has 1 aromatic carbocycles. The van der Waals surface area contributed by atoms with Crippen molar-refractivity contribution in [3.63, 3.8) is 0 Å². The van der Waals surface area contributed by atoms with Crippen LogP contribution < -0.4 is 5.73 Å². The Kier molecular flexibility index (Phi) is 1.26. The second-order valence-corrected chi connectivity index (χ2v) is 2.59. The van der Waals surface area contributed by atoms with Gasteiger partial charge in [0, 0.05) is 5.69 Å². The maximum Gasteiger partial charge on any atom is 0.180 e. The largest absolute Gasteiger partial charge is 0.399 e. The van der Waals surface area contributed by atoms with Crippen LogP contribution in [0.15, 0.2) is 22.7 Å². The average Bonchev–Trinajstić information content (AvgIpc) is 2.33. The minimum atomic E-state index is 0.354. The highest BCUT2D eigenvalue weighted by Gasteiger charge is 2.04. The summed E-state index contributed by atoms with van der Waals surface area (Å²) in [5, 5.41) is 4.68. The predicted octanol–water partition coefficient (Wildman–Crippen LogP) is 2.06. The molecule has 0 unspecified atom stereocenters. The first-order valence-electron chi connectivity index (χ1n) is 3.08. The molecule has 0 aliphatic heterocycles. The number of hydrogen-bond acceptors (Lipinski definition) is 3. The number of nitrogens with zero attached hydrogens (tertiary/aromatic N) is 1. The van der Waals surface area contributed by atoms with Gasteiger partial charge in [-0.05, 0) is 18.2 Å². The van der Waals surface area contributed by atoms with E-state index in [9.17, 15) is 0 Å². The Morgan fingerprint density at radius 3 is 3.09 bits per heavy atom. The van der Waals surface area contributed by atoms with Gasteiger partial charge in [0.05, 0.1) is 5.39 Å². The van der Waals surface area contributed by atoms with E-state index >= 15 is 0 Å². The fraction of sp³-hybridized carbons (Fsp3) is 0. The molecule has 2 aromatic rings. The lowest BCUT2D eigenvalue weighted by Crippen LogP contribution is -1.81. The number of nitrogen functional groups attached to an aromatic ring is 1. The molecule has 1 aromatic heterocycles. The molecule has 4 heteroatoms. The van der Waals surface area contributed by atoms with Crippen molar-refractivity contribution in [2.24, 2.45) is 0 Å². The second-order valence-electron chi connectivity index (χ2n) is 2.23. The molecule has 0 fully saturated rings. The molecule has 0 aliphatic carbocycles. The molecule has 2 rings (SSSR count). The van der Waals surface area contributed by atoms with Crippen LogP contribution in [0, 0.1) is 0 Å². The van der Waals surface area contributed by atoms with Crippen molar-refractivity contribution >= 4 is 28.3 Å². The van der Waals surface area contributed by atoms with E-state index in [-0.39, 0.29) is 0 Å². The van der Waals surface area contributed by atoms with Crippen molar-refractivity contribution in [1.29, 1.82) is 0 Å². The SMILES string of the molecule is Nc1ccc2onc(Cl)c2c1. The Labute approximate surface area is 67.7 Å². The van der Waals surface area contributed by atoms with E-state index in [0.717, 1.165) is 5.39 Å². The molecule has 1 heterocycles. The lowest BCUT2D eigenvalue weighted by Gasteiger charge is -1.89. The van der Waals surface area contributed by atoms with Crippen LogP contribution in [0.2, 0.25) is 5.15 Å². The summed E-state index contributed by atoms with van der Waals surface area (Å²) in [6, 6.07) is 5.21. The Morgan fingerprint density at radius 2 is 2.27 bits per heavy atom. The van der Waals surface area contributed by atoms with E-state index in [0.29, 0.717) is 16.4 Å². The van der Waals surface area contributed by atoms with Crippen molar-refractivity contribution in [3.05, 3.63) is 23.4 Å². The zero-order valence-electron chi connectivity index (χ0n) is 5.54. The molecule has 11 heavy (non-hydrogen) atoms. The predicted molar refractivity (Wildman–Crippen MR) is 43.4 cm³/mol. The minimum Gasteiger partial charge on any atom is -0.399 e. The molecular weight excluding hydrogens is 164 g/mol. The smallest absolute Gasteiger partial charge is 0.180 e. The maximum absolute atomic E-state index is 5.68. The summed E-state index contributed by atoms with van der Waals surface area (Å²) in [5.74, 6) is 0.